The first-order valence-corrected chi connectivity index (χ1v) is 4.78. The monoisotopic (exact) mass is 188 g/mol. The molecule has 0 aromatic heterocycles. The van der Waals surface area contributed by atoms with Crippen LogP contribution in [0.3, 0.4) is 0 Å². The fourth-order valence-corrected chi connectivity index (χ4v) is 1.15. The van der Waals surface area contributed by atoms with Crippen LogP contribution in [0.5, 0.6) is 0 Å². The van der Waals surface area contributed by atoms with E-state index in [1.165, 1.54) is 0 Å². The first-order chi connectivity index (χ1) is 6.20. The van der Waals surface area contributed by atoms with Gasteiger partial charge in [-0.05, 0) is 32.6 Å². The average Bonchev–Trinajstić information content (AvgIpc) is 2.05. The summed E-state index contributed by atoms with van der Waals surface area (Å²) in [6, 6.07) is 0. The summed E-state index contributed by atoms with van der Waals surface area (Å²) in [5, 5.41) is 27.1. The number of allylic oxidation sites excluding steroid dienone is 2. The minimum Gasteiger partial charge on any atom is -0.396 e. The van der Waals surface area contributed by atoms with Crippen LogP contribution in [0.1, 0.15) is 32.6 Å². The molecule has 0 aromatic carbocycles. The topological polar surface area (TPSA) is 60.7 Å². The van der Waals surface area contributed by atoms with Gasteiger partial charge in [0.25, 0.3) is 0 Å². The van der Waals surface area contributed by atoms with Crippen molar-refractivity contribution in [3.05, 3.63) is 12.2 Å². The van der Waals surface area contributed by atoms with Crippen LogP contribution >= 0.6 is 0 Å². The molecule has 3 nitrogen and oxygen atoms in total. The predicted molar refractivity (Wildman–Crippen MR) is 52.4 cm³/mol. The van der Waals surface area contributed by atoms with E-state index in [1.807, 2.05) is 19.1 Å². The standard InChI is InChI=1S/C10H20O3/c1-2-3-4-5-9(12)8-10(13)6-7-11/h2-3,9-13H,4-8H2,1H3/b3-2+/t9-,10-/m1/s1. The summed E-state index contributed by atoms with van der Waals surface area (Å²) in [5.74, 6) is 0. The fourth-order valence-electron chi connectivity index (χ4n) is 1.15. The minimum absolute atomic E-state index is 0.0251. The Kier molecular flexibility index (Phi) is 7.99. The molecule has 0 rings (SSSR count). The Hall–Kier alpha value is -0.380. The molecule has 0 saturated carbocycles. The van der Waals surface area contributed by atoms with Crippen molar-refractivity contribution in [3.8, 4) is 0 Å². The van der Waals surface area contributed by atoms with Gasteiger partial charge in [0.15, 0.2) is 0 Å². The molecule has 3 heteroatoms. The number of aliphatic hydroxyl groups excluding tert-OH is 3. The van der Waals surface area contributed by atoms with E-state index >= 15 is 0 Å². The molecule has 0 heterocycles. The van der Waals surface area contributed by atoms with Crippen molar-refractivity contribution in [2.24, 2.45) is 0 Å². The molecular weight excluding hydrogens is 168 g/mol. The van der Waals surface area contributed by atoms with E-state index < -0.39 is 12.2 Å². The molecule has 0 bridgehead atoms. The third-order valence-corrected chi connectivity index (χ3v) is 1.91. The SMILES string of the molecule is C/C=C/CC[C@@H](O)C[C@H](O)CCO. The highest BCUT2D eigenvalue weighted by atomic mass is 16.3. The Morgan fingerprint density at radius 2 is 1.77 bits per heavy atom. The van der Waals surface area contributed by atoms with E-state index in [0.29, 0.717) is 19.3 Å². The highest BCUT2D eigenvalue weighted by molar-refractivity contribution is 4.78. The van der Waals surface area contributed by atoms with Gasteiger partial charge in [0.2, 0.25) is 0 Å². The summed E-state index contributed by atoms with van der Waals surface area (Å²) in [4.78, 5) is 0. The van der Waals surface area contributed by atoms with Crippen molar-refractivity contribution >= 4 is 0 Å². The van der Waals surface area contributed by atoms with Crippen molar-refractivity contribution in [1.29, 1.82) is 0 Å². The van der Waals surface area contributed by atoms with Crippen molar-refractivity contribution < 1.29 is 15.3 Å². The van der Waals surface area contributed by atoms with Gasteiger partial charge < -0.3 is 15.3 Å². The quantitative estimate of drug-likeness (QED) is 0.519. The lowest BCUT2D eigenvalue weighted by atomic mass is 10.1. The van der Waals surface area contributed by atoms with E-state index in [1.54, 1.807) is 0 Å². The second-order valence-electron chi connectivity index (χ2n) is 3.20. The molecule has 0 aliphatic rings. The van der Waals surface area contributed by atoms with Crippen LogP contribution in [0.25, 0.3) is 0 Å². The Bertz CT molecular complexity index is 134. The van der Waals surface area contributed by atoms with Gasteiger partial charge in [-0.2, -0.15) is 0 Å². The lowest BCUT2D eigenvalue weighted by Gasteiger charge is -2.13. The minimum atomic E-state index is -0.578. The Balaban J connectivity index is 3.43. The maximum atomic E-state index is 9.40. The average molecular weight is 188 g/mol. The summed E-state index contributed by atoms with van der Waals surface area (Å²) >= 11 is 0. The van der Waals surface area contributed by atoms with Crippen molar-refractivity contribution in [2.45, 2.75) is 44.8 Å². The molecule has 0 aromatic rings. The molecule has 0 radical (unpaired) electrons. The molecule has 0 fully saturated rings. The molecule has 2 atom stereocenters. The highest BCUT2D eigenvalue weighted by Gasteiger charge is 2.10. The first-order valence-electron chi connectivity index (χ1n) is 4.78. The molecule has 0 amide bonds. The number of hydrogen-bond donors (Lipinski definition) is 3. The molecule has 0 saturated heterocycles. The Morgan fingerprint density at radius 1 is 1.15 bits per heavy atom. The zero-order valence-corrected chi connectivity index (χ0v) is 8.19. The molecular formula is C10H20O3. The van der Waals surface area contributed by atoms with Crippen LogP contribution in [0, 0.1) is 0 Å². The normalized spacial score (nSPS) is 16.3. The van der Waals surface area contributed by atoms with Crippen LogP contribution < -0.4 is 0 Å². The maximum Gasteiger partial charge on any atom is 0.0586 e. The fraction of sp³-hybridized carbons (Fsp3) is 0.800. The lowest BCUT2D eigenvalue weighted by Crippen LogP contribution is -2.18. The molecule has 0 spiro atoms. The number of rotatable bonds is 7. The van der Waals surface area contributed by atoms with Crippen LogP contribution in [-0.4, -0.2) is 34.1 Å². The van der Waals surface area contributed by atoms with E-state index in [2.05, 4.69) is 0 Å². The zero-order valence-electron chi connectivity index (χ0n) is 8.19. The lowest BCUT2D eigenvalue weighted by molar-refractivity contribution is 0.0608. The summed E-state index contributed by atoms with van der Waals surface area (Å²) in [6.07, 6.45) is 5.11. The van der Waals surface area contributed by atoms with Crippen LogP contribution in [0.4, 0.5) is 0 Å². The predicted octanol–water partition coefficient (Wildman–Crippen LogP) is 0.837. The number of aliphatic hydroxyl groups is 3. The van der Waals surface area contributed by atoms with E-state index in [0.717, 1.165) is 6.42 Å². The van der Waals surface area contributed by atoms with Gasteiger partial charge in [0, 0.05) is 6.61 Å². The third-order valence-electron chi connectivity index (χ3n) is 1.91. The van der Waals surface area contributed by atoms with E-state index in [-0.39, 0.29) is 6.61 Å². The molecule has 0 aliphatic heterocycles. The van der Waals surface area contributed by atoms with Gasteiger partial charge in [0.05, 0.1) is 12.2 Å². The smallest absolute Gasteiger partial charge is 0.0586 e. The Morgan fingerprint density at radius 3 is 2.31 bits per heavy atom. The maximum absolute atomic E-state index is 9.40. The summed E-state index contributed by atoms with van der Waals surface area (Å²) in [5.41, 5.74) is 0. The van der Waals surface area contributed by atoms with Crippen LogP contribution in [-0.2, 0) is 0 Å². The van der Waals surface area contributed by atoms with Gasteiger partial charge in [-0.1, -0.05) is 12.2 Å². The molecule has 13 heavy (non-hydrogen) atoms. The molecule has 0 unspecified atom stereocenters. The van der Waals surface area contributed by atoms with Crippen LogP contribution in [0.15, 0.2) is 12.2 Å². The van der Waals surface area contributed by atoms with Crippen molar-refractivity contribution in [3.63, 3.8) is 0 Å². The summed E-state index contributed by atoms with van der Waals surface area (Å²) in [6.45, 7) is 1.91. The second-order valence-corrected chi connectivity index (χ2v) is 3.20. The zero-order chi connectivity index (χ0) is 10.1. The van der Waals surface area contributed by atoms with Gasteiger partial charge in [-0.25, -0.2) is 0 Å². The Labute approximate surface area is 79.7 Å². The second kappa shape index (κ2) is 8.23. The highest BCUT2D eigenvalue weighted by Crippen LogP contribution is 2.07. The van der Waals surface area contributed by atoms with Gasteiger partial charge in [0.1, 0.15) is 0 Å². The summed E-state index contributed by atoms with van der Waals surface area (Å²) < 4.78 is 0. The van der Waals surface area contributed by atoms with Crippen LogP contribution in [0.2, 0.25) is 0 Å². The number of hydrogen-bond acceptors (Lipinski definition) is 3. The van der Waals surface area contributed by atoms with Gasteiger partial charge >= 0.3 is 0 Å². The van der Waals surface area contributed by atoms with Crippen molar-refractivity contribution in [1.82, 2.24) is 0 Å². The van der Waals surface area contributed by atoms with Crippen molar-refractivity contribution in [2.75, 3.05) is 6.61 Å². The molecule has 3 N–H and O–H groups in total. The largest absolute Gasteiger partial charge is 0.396 e. The first kappa shape index (κ1) is 12.6. The summed E-state index contributed by atoms with van der Waals surface area (Å²) in [7, 11) is 0. The molecule has 78 valence electrons. The van der Waals surface area contributed by atoms with E-state index in [4.69, 9.17) is 5.11 Å². The molecule has 0 aliphatic carbocycles. The van der Waals surface area contributed by atoms with E-state index in [9.17, 15) is 10.2 Å². The van der Waals surface area contributed by atoms with Gasteiger partial charge in [-0.3, -0.25) is 0 Å². The third kappa shape index (κ3) is 7.96. The van der Waals surface area contributed by atoms with Gasteiger partial charge in [-0.15, -0.1) is 0 Å².